The smallest absolute Gasteiger partial charge is 0.256 e. The van der Waals surface area contributed by atoms with Crippen molar-refractivity contribution >= 4 is 11.7 Å². The highest BCUT2D eigenvalue weighted by Gasteiger charge is 2.48. The van der Waals surface area contributed by atoms with Crippen molar-refractivity contribution in [1.29, 1.82) is 0 Å². The maximum atomic E-state index is 13.1. The molecule has 0 spiro atoms. The molecule has 3 fully saturated rings. The molecular weight excluding hydrogens is 324 g/mol. The number of allylic oxidation sites excluding steroid dienone is 1. The molecular formula is C21H30N4O. The first kappa shape index (κ1) is 16.4. The van der Waals surface area contributed by atoms with E-state index in [9.17, 15) is 4.79 Å². The number of amides is 1. The van der Waals surface area contributed by atoms with Crippen molar-refractivity contribution in [3.8, 4) is 0 Å². The predicted molar refractivity (Wildman–Crippen MR) is 102 cm³/mol. The molecule has 0 aromatic carbocycles. The van der Waals surface area contributed by atoms with Crippen molar-refractivity contribution in [2.24, 2.45) is 24.8 Å². The first-order valence-corrected chi connectivity index (χ1v) is 10.5. The van der Waals surface area contributed by atoms with Gasteiger partial charge >= 0.3 is 0 Å². The summed E-state index contributed by atoms with van der Waals surface area (Å²) in [4.78, 5) is 15.5. The summed E-state index contributed by atoms with van der Waals surface area (Å²) >= 11 is 0. The molecule has 140 valence electrons. The van der Waals surface area contributed by atoms with Gasteiger partial charge in [0.25, 0.3) is 5.91 Å². The molecule has 4 unspecified atom stereocenters. The first-order valence-electron chi connectivity index (χ1n) is 10.5. The van der Waals surface area contributed by atoms with E-state index in [0.717, 1.165) is 42.7 Å². The van der Waals surface area contributed by atoms with Gasteiger partial charge in [0.2, 0.25) is 0 Å². The molecule has 1 aromatic heterocycles. The molecule has 5 heteroatoms. The van der Waals surface area contributed by atoms with Crippen LogP contribution < -0.4 is 10.2 Å². The summed E-state index contributed by atoms with van der Waals surface area (Å²) in [5, 5.41) is 7.83. The van der Waals surface area contributed by atoms with Crippen LogP contribution in [0.15, 0.2) is 17.8 Å². The Labute approximate surface area is 155 Å². The fourth-order valence-corrected chi connectivity index (χ4v) is 6.01. The van der Waals surface area contributed by atoms with Crippen LogP contribution in [0.25, 0.3) is 0 Å². The maximum absolute atomic E-state index is 13.1. The summed E-state index contributed by atoms with van der Waals surface area (Å²) in [6, 6.07) is 0.321. The normalized spacial score (nSPS) is 33.1. The lowest BCUT2D eigenvalue weighted by molar-refractivity contribution is 0.0926. The quantitative estimate of drug-likeness (QED) is 0.848. The Morgan fingerprint density at radius 3 is 2.81 bits per heavy atom. The molecule has 2 saturated carbocycles. The summed E-state index contributed by atoms with van der Waals surface area (Å²) < 4.78 is 1.89. The van der Waals surface area contributed by atoms with Crippen LogP contribution in [-0.4, -0.2) is 34.8 Å². The lowest BCUT2D eigenvalue weighted by atomic mass is 9.89. The first-order chi connectivity index (χ1) is 12.7. The van der Waals surface area contributed by atoms with Crippen molar-refractivity contribution in [2.45, 2.75) is 57.4 Å². The molecule has 0 radical (unpaired) electrons. The van der Waals surface area contributed by atoms with Gasteiger partial charge < -0.3 is 10.2 Å². The highest BCUT2D eigenvalue weighted by Crippen LogP contribution is 2.54. The number of nitrogens with one attached hydrogen (secondary N) is 1. The molecule has 1 aromatic rings. The van der Waals surface area contributed by atoms with E-state index in [1.54, 1.807) is 11.8 Å². The van der Waals surface area contributed by atoms with Gasteiger partial charge in [-0.2, -0.15) is 5.10 Å². The number of aryl methyl sites for hydroxylation is 1. The standard InChI is InChI=1S/C21H30N4O/c1-24-21(25-8-4-2-3-5-9-25)18(13-22-24)20(26)23-19-12-15-7-6-14-10-16(15)17(19)11-14/h7,13-14,16-17,19H,2-6,8-12H2,1H3,(H,23,26). The number of rotatable bonds is 3. The molecule has 1 saturated heterocycles. The Kier molecular flexibility index (Phi) is 4.06. The second-order valence-electron chi connectivity index (χ2n) is 8.81. The summed E-state index contributed by atoms with van der Waals surface area (Å²) in [6.07, 6.45) is 14.2. The summed E-state index contributed by atoms with van der Waals surface area (Å²) in [7, 11) is 1.96. The number of aromatic nitrogens is 2. The molecule has 4 atom stereocenters. The van der Waals surface area contributed by atoms with Crippen molar-refractivity contribution in [1.82, 2.24) is 15.1 Å². The molecule has 1 aliphatic heterocycles. The highest BCUT2D eigenvalue weighted by atomic mass is 16.1. The van der Waals surface area contributed by atoms with Crippen LogP contribution in [-0.2, 0) is 7.05 Å². The molecule has 5 nitrogen and oxygen atoms in total. The predicted octanol–water partition coefficient (Wildman–Crippen LogP) is 3.28. The van der Waals surface area contributed by atoms with Crippen LogP contribution in [0.5, 0.6) is 0 Å². The molecule has 1 N–H and O–H groups in total. The second-order valence-corrected chi connectivity index (χ2v) is 8.81. The number of fused-ring (bicyclic) bond motifs is 1. The molecule has 2 bridgehead atoms. The van der Waals surface area contributed by atoms with E-state index in [-0.39, 0.29) is 5.91 Å². The van der Waals surface area contributed by atoms with Gasteiger partial charge in [-0.3, -0.25) is 9.48 Å². The highest BCUT2D eigenvalue weighted by molar-refractivity contribution is 5.99. The average Bonchev–Trinajstić information content (AvgIpc) is 3.18. The van der Waals surface area contributed by atoms with Crippen LogP contribution in [0.4, 0.5) is 5.82 Å². The van der Waals surface area contributed by atoms with Gasteiger partial charge in [0, 0.05) is 26.2 Å². The van der Waals surface area contributed by atoms with E-state index >= 15 is 0 Å². The minimum absolute atomic E-state index is 0.0753. The molecule has 3 aliphatic carbocycles. The van der Waals surface area contributed by atoms with E-state index < -0.39 is 0 Å². The third-order valence-corrected chi connectivity index (χ3v) is 7.25. The number of anilines is 1. The van der Waals surface area contributed by atoms with Gasteiger partial charge in [0.1, 0.15) is 11.4 Å². The maximum Gasteiger partial charge on any atom is 0.256 e. The SMILES string of the molecule is Cn1ncc(C(=O)NC2CC3=CCC4CC3C2C4)c1N1CCCCCC1. The second kappa shape index (κ2) is 6.43. The third kappa shape index (κ3) is 2.67. The van der Waals surface area contributed by atoms with Crippen LogP contribution in [0.1, 0.15) is 61.7 Å². The van der Waals surface area contributed by atoms with Crippen LogP contribution in [0, 0.1) is 17.8 Å². The van der Waals surface area contributed by atoms with Crippen LogP contribution >= 0.6 is 0 Å². The molecule has 5 rings (SSSR count). The molecule has 4 aliphatic rings. The van der Waals surface area contributed by atoms with Gasteiger partial charge in [-0.1, -0.05) is 24.5 Å². The van der Waals surface area contributed by atoms with E-state index in [1.807, 2.05) is 11.7 Å². The van der Waals surface area contributed by atoms with E-state index in [1.165, 1.54) is 44.9 Å². The van der Waals surface area contributed by atoms with Gasteiger partial charge in [-0.25, -0.2) is 0 Å². The Morgan fingerprint density at radius 2 is 2.00 bits per heavy atom. The Morgan fingerprint density at radius 1 is 1.19 bits per heavy atom. The number of carbonyl (C=O) groups excluding carboxylic acids is 1. The molecule has 26 heavy (non-hydrogen) atoms. The summed E-state index contributed by atoms with van der Waals surface area (Å²) in [6.45, 7) is 2.06. The van der Waals surface area contributed by atoms with E-state index in [0.29, 0.717) is 12.0 Å². The lowest BCUT2D eigenvalue weighted by Crippen LogP contribution is -2.39. The fourth-order valence-electron chi connectivity index (χ4n) is 6.01. The van der Waals surface area contributed by atoms with Gasteiger partial charge in [0.15, 0.2) is 0 Å². The van der Waals surface area contributed by atoms with E-state index in [2.05, 4.69) is 21.4 Å². The minimum Gasteiger partial charge on any atom is -0.356 e. The topological polar surface area (TPSA) is 50.2 Å². The zero-order valence-corrected chi connectivity index (χ0v) is 15.8. The Hall–Kier alpha value is -1.78. The molecule has 1 amide bonds. The number of carbonyl (C=O) groups is 1. The minimum atomic E-state index is 0.0753. The van der Waals surface area contributed by atoms with Crippen molar-refractivity contribution in [2.75, 3.05) is 18.0 Å². The average molecular weight is 354 g/mol. The molecule has 2 heterocycles. The number of hydrogen-bond acceptors (Lipinski definition) is 3. The summed E-state index contributed by atoms with van der Waals surface area (Å²) in [5.41, 5.74) is 2.38. The Balaban J connectivity index is 1.35. The van der Waals surface area contributed by atoms with Crippen molar-refractivity contribution < 1.29 is 4.79 Å². The monoisotopic (exact) mass is 354 g/mol. The zero-order valence-electron chi connectivity index (χ0n) is 15.8. The number of nitrogens with zero attached hydrogens (tertiary/aromatic N) is 3. The van der Waals surface area contributed by atoms with Crippen molar-refractivity contribution in [3.05, 3.63) is 23.4 Å². The van der Waals surface area contributed by atoms with Gasteiger partial charge in [-0.05, 0) is 56.3 Å². The number of hydrogen-bond donors (Lipinski definition) is 1. The summed E-state index contributed by atoms with van der Waals surface area (Å²) in [5.74, 6) is 3.35. The zero-order chi connectivity index (χ0) is 17.7. The third-order valence-electron chi connectivity index (χ3n) is 7.25. The van der Waals surface area contributed by atoms with Crippen LogP contribution in [0.3, 0.4) is 0 Å². The Bertz CT molecular complexity index is 728. The van der Waals surface area contributed by atoms with Gasteiger partial charge in [-0.15, -0.1) is 0 Å². The van der Waals surface area contributed by atoms with Crippen molar-refractivity contribution in [3.63, 3.8) is 0 Å². The fraction of sp³-hybridized carbons (Fsp3) is 0.714. The van der Waals surface area contributed by atoms with E-state index in [4.69, 9.17) is 0 Å². The van der Waals surface area contributed by atoms with Crippen LogP contribution in [0.2, 0.25) is 0 Å². The largest absolute Gasteiger partial charge is 0.356 e. The lowest BCUT2D eigenvalue weighted by Gasteiger charge is -2.25. The van der Waals surface area contributed by atoms with Gasteiger partial charge in [0.05, 0.1) is 6.20 Å².